The van der Waals surface area contributed by atoms with E-state index in [1.165, 1.54) is 0 Å². The van der Waals surface area contributed by atoms with Gasteiger partial charge in [0.2, 0.25) is 0 Å². The molecule has 1 rings (SSSR count). The van der Waals surface area contributed by atoms with Crippen LogP contribution in [0.15, 0.2) is 12.1 Å². The van der Waals surface area contributed by atoms with Gasteiger partial charge in [-0.3, -0.25) is 0 Å². The zero-order valence-electron chi connectivity index (χ0n) is 10.2. The molecular weight excluding hydrogens is 243 g/mol. The predicted octanol–water partition coefficient (Wildman–Crippen LogP) is 4.78. The Morgan fingerprint density at radius 3 is 2.38 bits per heavy atom. The van der Waals surface area contributed by atoms with Crippen molar-refractivity contribution >= 4 is 23.2 Å². The molecule has 0 N–H and O–H groups in total. The zero-order valence-corrected chi connectivity index (χ0v) is 11.7. The first-order valence-electron chi connectivity index (χ1n) is 5.48. The van der Waals surface area contributed by atoms with Crippen LogP contribution in [0.2, 0.25) is 5.02 Å². The van der Waals surface area contributed by atoms with Gasteiger partial charge in [-0.1, -0.05) is 25.4 Å². The normalized spacial score (nSPS) is 12.9. The fourth-order valence-corrected chi connectivity index (χ4v) is 1.69. The summed E-state index contributed by atoms with van der Waals surface area (Å²) in [5, 5.41) is 0.797. The monoisotopic (exact) mass is 260 g/mol. The first-order chi connectivity index (χ1) is 7.41. The minimum absolute atomic E-state index is 0.0102. The highest BCUT2D eigenvalue weighted by Crippen LogP contribution is 2.32. The quantitative estimate of drug-likeness (QED) is 0.709. The summed E-state index contributed by atoms with van der Waals surface area (Å²) in [6.07, 6.45) is 0. The van der Waals surface area contributed by atoms with Gasteiger partial charge in [-0.15, -0.1) is 11.6 Å². The molecule has 0 heterocycles. The van der Waals surface area contributed by atoms with Crippen molar-refractivity contribution in [1.29, 1.82) is 0 Å². The van der Waals surface area contributed by atoms with Gasteiger partial charge < -0.3 is 4.74 Å². The van der Waals surface area contributed by atoms with Gasteiger partial charge in [-0.05, 0) is 43.0 Å². The highest BCUT2D eigenvalue weighted by Gasteiger charge is 2.11. The lowest BCUT2D eigenvalue weighted by Gasteiger charge is -2.16. The highest BCUT2D eigenvalue weighted by atomic mass is 35.5. The molecule has 0 aliphatic heterocycles. The number of alkyl halides is 1. The van der Waals surface area contributed by atoms with Gasteiger partial charge in [-0.2, -0.15) is 0 Å². The summed E-state index contributed by atoms with van der Waals surface area (Å²) in [6, 6.07) is 3.97. The molecule has 1 unspecified atom stereocenters. The van der Waals surface area contributed by atoms with E-state index in [9.17, 15) is 0 Å². The van der Waals surface area contributed by atoms with Crippen molar-refractivity contribution in [3.8, 4) is 5.75 Å². The van der Waals surface area contributed by atoms with Crippen molar-refractivity contribution in [2.45, 2.75) is 39.0 Å². The molecule has 0 aliphatic rings. The van der Waals surface area contributed by atoms with Crippen LogP contribution < -0.4 is 4.74 Å². The number of aryl methyl sites for hydroxylation is 1. The lowest BCUT2D eigenvalue weighted by molar-refractivity contribution is 0.315. The highest BCUT2D eigenvalue weighted by molar-refractivity contribution is 6.31. The fraction of sp³-hybridized carbons (Fsp3) is 0.538. The molecule has 1 aromatic carbocycles. The molecule has 1 aromatic rings. The molecule has 0 radical (unpaired) electrons. The summed E-state index contributed by atoms with van der Waals surface area (Å²) < 4.78 is 5.71. The van der Waals surface area contributed by atoms with E-state index in [1.54, 1.807) is 0 Å². The molecule has 0 bridgehead atoms. The lowest BCUT2D eigenvalue weighted by Crippen LogP contribution is -2.09. The number of hydrogen-bond donors (Lipinski definition) is 0. The first kappa shape index (κ1) is 13.7. The largest absolute Gasteiger partial charge is 0.492 e. The van der Waals surface area contributed by atoms with Crippen molar-refractivity contribution in [3.63, 3.8) is 0 Å². The van der Waals surface area contributed by atoms with Crippen LogP contribution >= 0.6 is 23.2 Å². The zero-order chi connectivity index (χ0) is 12.3. The molecule has 90 valence electrons. The van der Waals surface area contributed by atoms with E-state index >= 15 is 0 Å². The van der Waals surface area contributed by atoms with Gasteiger partial charge in [0.15, 0.2) is 0 Å². The summed E-state index contributed by atoms with van der Waals surface area (Å²) in [5.41, 5.74) is 2.16. The summed E-state index contributed by atoms with van der Waals surface area (Å²) in [7, 11) is 0. The van der Waals surface area contributed by atoms with Gasteiger partial charge >= 0.3 is 0 Å². The Balaban J connectivity index is 3.00. The second kappa shape index (κ2) is 5.79. The molecule has 1 atom stereocenters. The molecule has 0 aromatic heterocycles. The summed E-state index contributed by atoms with van der Waals surface area (Å²) >= 11 is 12.0. The summed E-state index contributed by atoms with van der Waals surface area (Å²) in [4.78, 5) is 0. The Bertz CT molecular complexity index is 359. The third-order valence-corrected chi connectivity index (χ3v) is 2.91. The molecule has 0 saturated heterocycles. The Hall–Kier alpha value is -0.400. The van der Waals surface area contributed by atoms with E-state index in [4.69, 9.17) is 27.9 Å². The van der Waals surface area contributed by atoms with E-state index in [0.717, 1.165) is 21.9 Å². The Labute approximate surface area is 108 Å². The van der Waals surface area contributed by atoms with Crippen LogP contribution in [-0.4, -0.2) is 12.0 Å². The Morgan fingerprint density at radius 1 is 1.25 bits per heavy atom. The first-order valence-corrected chi connectivity index (χ1v) is 6.30. The van der Waals surface area contributed by atoms with Crippen molar-refractivity contribution in [3.05, 3.63) is 28.3 Å². The molecule has 3 heteroatoms. The SMILES string of the molecule is Cc1cc(OCC(C)Cl)c(C(C)C)cc1Cl. The fourth-order valence-electron chi connectivity index (χ4n) is 1.45. The molecule has 0 spiro atoms. The number of halogens is 2. The van der Waals surface area contributed by atoms with Crippen LogP contribution in [0.4, 0.5) is 0 Å². The van der Waals surface area contributed by atoms with E-state index in [-0.39, 0.29) is 5.38 Å². The van der Waals surface area contributed by atoms with Crippen molar-refractivity contribution < 1.29 is 4.74 Å². The average Bonchev–Trinajstić information content (AvgIpc) is 2.18. The van der Waals surface area contributed by atoms with E-state index in [1.807, 2.05) is 26.0 Å². The maximum atomic E-state index is 6.11. The van der Waals surface area contributed by atoms with Crippen LogP contribution in [0.3, 0.4) is 0 Å². The number of benzene rings is 1. The number of ether oxygens (including phenoxy) is 1. The number of rotatable bonds is 4. The van der Waals surface area contributed by atoms with E-state index in [0.29, 0.717) is 12.5 Å². The third-order valence-electron chi connectivity index (χ3n) is 2.38. The molecular formula is C13H18Cl2O. The van der Waals surface area contributed by atoms with Crippen molar-refractivity contribution in [2.24, 2.45) is 0 Å². The van der Waals surface area contributed by atoms with E-state index < -0.39 is 0 Å². The molecule has 16 heavy (non-hydrogen) atoms. The molecule has 0 fully saturated rings. The topological polar surface area (TPSA) is 9.23 Å². The maximum absolute atomic E-state index is 6.11. The molecule has 1 nitrogen and oxygen atoms in total. The van der Waals surface area contributed by atoms with Crippen LogP contribution in [-0.2, 0) is 0 Å². The lowest BCUT2D eigenvalue weighted by atomic mass is 10.0. The van der Waals surface area contributed by atoms with Gasteiger partial charge in [0.05, 0.1) is 5.38 Å². The van der Waals surface area contributed by atoms with Crippen molar-refractivity contribution in [1.82, 2.24) is 0 Å². The van der Waals surface area contributed by atoms with Crippen LogP contribution in [0, 0.1) is 6.92 Å². The predicted molar refractivity (Wildman–Crippen MR) is 71.1 cm³/mol. The standard InChI is InChI=1S/C13H18Cl2O/c1-8(2)11-6-12(15)9(3)5-13(11)16-7-10(4)14/h5-6,8,10H,7H2,1-4H3. The molecule has 0 aliphatic carbocycles. The van der Waals surface area contributed by atoms with Crippen LogP contribution in [0.1, 0.15) is 37.8 Å². The van der Waals surface area contributed by atoms with Crippen molar-refractivity contribution in [2.75, 3.05) is 6.61 Å². The average molecular weight is 261 g/mol. The van der Waals surface area contributed by atoms with Gasteiger partial charge in [0, 0.05) is 5.02 Å². The Kier molecular flexibility index (Phi) is 4.94. The maximum Gasteiger partial charge on any atom is 0.123 e. The third kappa shape index (κ3) is 3.57. The Morgan fingerprint density at radius 2 is 1.88 bits per heavy atom. The minimum atomic E-state index is 0.0102. The molecule has 0 amide bonds. The molecule has 0 saturated carbocycles. The van der Waals surface area contributed by atoms with E-state index in [2.05, 4.69) is 13.8 Å². The number of hydrogen-bond acceptors (Lipinski definition) is 1. The van der Waals surface area contributed by atoms with Gasteiger partial charge in [0.1, 0.15) is 12.4 Å². The second-order valence-corrected chi connectivity index (χ2v) is 5.54. The smallest absolute Gasteiger partial charge is 0.123 e. The van der Waals surface area contributed by atoms with Crippen LogP contribution in [0.25, 0.3) is 0 Å². The summed E-state index contributed by atoms with van der Waals surface area (Å²) in [5.74, 6) is 1.28. The second-order valence-electron chi connectivity index (χ2n) is 4.39. The summed E-state index contributed by atoms with van der Waals surface area (Å²) in [6.45, 7) is 8.65. The minimum Gasteiger partial charge on any atom is -0.492 e. The van der Waals surface area contributed by atoms with Crippen LogP contribution in [0.5, 0.6) is 5.75 Å². The van der Waals surface area contributed by atoms with Gasteiger partial charge in [0.25, 0.3) is 0 Å². The van der Waals surface area contributed by atoms with Gasteiger partial charge in [-0.25, -0.2) is 0 Å².